The van der Waals surface area contributed by atoms with Crippen molar-refractivity contribution >= 4 is 53.0 Å². The number of nitrogens with one attached hydrogen (secondary N) is 5. The molecular formula is C44H76B3N9O12. The maximum atomic E-state index is 14.2. The van der Waals surface area contributed by atoms with Crippen LogP contribution in [-0.2, 0) is 42.9 Å². The zero-order valence-corrected chi connectivity index (χ0v) is 40.8. The summed E-state index contributed by atoms with van der Waals surface area (Å²) in [7, 11) is 18.9. The molecule has 0 spiro atoms. The number of azide groups is 1. The molecule has 3 saturated heterocycles. The van der Waals surface area contributed by atoms with Gasteiger partial charge in [-0.2, -0.15) is 0 Å². The maximum Gasteiger partial charge on any atom is 0.236 e. The molecule has 3 rings (SSSR count). The summed E-state index contributed by atoms with van der Waals surface area (Å²) in [5, 5.41) is 49.4. The number of rotatable bonds is 29. The lowest BCUT2D eigenvalue weighted by molar-refractivity contribution is -0.138. The van der Waals surface area contributed by atoms with E-state index in [9.17, 15) is 39.3 Å². The highest BCUT2D eigenvalue weighted by Crippen LogP contribution is 2.33. The molecule has 3 heterocycles. The number of Topliss-reactive ketones (excluding diaryl/α,β-unsaturated/α-hetero) is 1. The summed E-state index contributed by atoms with van der Waals surface area (Å²) in [5.41, 5.74) is 8.63. The molecule has 8 N–H and O–H groups in total. The van der Waals surface area contributed by atoms with E-state index in [2.05, 4.69) is 36.6 Å². The van der Waals surface area contributed by atoms with Gasteiger partial charge in [0.15, 0.2) is 5.78 Å². The predicted octanol–water partition coefficient (Wildman–Crippen LogP) is 0.152. The van der Waals surface area contributed by atoms with Crippen LogP contribution in [-0.4, -0.2) is 192 Å². The molecular weight excluding hydrogens is 879 g/mol. The first-order chi connectivity index (χ1) is 32.3. The van der Waals surface area contributed by atoms with E-state index in [0.717, 1.165) is 0 Å². The van der Waals surface area contributed by atoms with Crippen molar-refractivity contribution in [1.29, 1.82) is 0 Å². The second kappa shape index (κ2) is 30.4. The zero-order valence-electron chi connectivity index (χ0n) is 40.8. The van der Waals surface area contributed by atoms with E-state index in [-0.39, 0.29) is 69.1 Å². The highest BCUT2D eigenvalue weighted by Gasteiger charge is 2.43. The molecule has 0 bridgehead atoms. The number of nitrogens with zero attached hydrogens (tertiary/aromatic N) is 4. The highest BCUT2D eigenvalue weighted by atomic mass is 16.5. The van der Waals surface area contributed by atoms with Crippen LogP contribution in [0.4, 0.5) is 0 Å². The minimum Gasteiger partial charge on any atom is -0.391 e. The molecule has 0 aliphatic carbocycles. The van der Waals surface area contributed by atoms with Crippen molar-refractivity contribution in [3.8, 4) is 0 Å². The molecule has 68 heavy (non-hydrogen) atoms. The fourth-order valence-electron chi connectivity index (χ4n) is 9.29. The standard InChI is InChI=1S/C44H76B3N9O12/c1-24-42(62)36(45)39(52-27(4)57)32(66-24)14-8-7-13-30(21-65-23-50-22-51-55-48)31(60)20-56(18-12-10-16-34-41(54-29(6)59)38(47)44(64)26(3)68-34)35(61)19-49-17-11-9-15-33-40(53-28(5)58)37(46)43(63)25(2)67-33/h24-26,30,32-34,36-44,49-50,62-64H,7-23H2,1-6H3,(H,52,57)(H,53,58)(H,54,59). The molecule has 16 unspecified atom stereocenters. The molecule has 4 amide bonds. The van der Waals surface area contributed by atoms with Crippen LogP contribution in [0.3, 0.4) is 0 Å². The van der Waals surface area contributed by atoms with Gasteiger partial charge in [0, 0.05) is 38.1 Å². The second-order valence-electron chi connectivity index (χ2n) is 18.6. The Morgan fingerprint density at radius 1 is 0.691 bits per heavy atom. The van der Waals surface area contributed by atoms with Gasteiger partial charge in [-0.3, -0.25) is 29.3 Å². The molecule has 3 aliphatic rings. The molecule has 3 aliphatic heterocycles. The van der Waals surface area contributed by atoms with Crippen LogP contribution in [0.15, 0.2) is 5.11 Å². The minimum absolute atomic E-state index is 0.0111. The zero-order chi connectivity index (χ0) is 50.5. The van der Waals surface area contributed by atoms with E-state index in [1.807, 2.05) is 0 Å². The number of carbonyl (C=O) groups is 5. The van der Waals surface area contributed by atoms with Crippen molar-refractivity contribution in [2.24, 2.45) is 11.0 Å². The quantitative estimate of drug-likeness (QED) is 0.0124. The number of ether oxygens (including phenoxy) is 4. The van der Waals surface area contributed by atoms with Crippen molar-refractivity contribution in [1.82, 2.24) is 31.5 Å². The first-order valence-electron chi connectivity index (χ1n) is 24.2. The summed E-state index contributed by atoms with van der Waals surface area (Å²) >= 11 is 0. The van der Waals surface area contributed by atoms with Gasteiger partial charge in [0.05, 0.1) is 130 Å². The summed E-state index contributed by atoms with van der Waals surface area (Å²) < 4.78 is 23.9. The van der Waals surface area contributed by atoms with Crippen LogP contribution in [0, 0.1) is 5.92 Å². The third kappa shape index (κ3) is 19.1. The fourth-order valence-corrected chi connectivity index (χ4v) is 9.29. The smallest absolute Gasteiger partial charge is 0.236 e. The molecule has 24 heteroatoms. The van der Waals surface area contributed by atoms with Crippen LogP contribution in [0.5, 0.6) is 0 Å². The first kappa shape index (κ1) is 59.0. The monoisotopic (exact) mass is 956 g/mol. The number of hydrogen-bond acceptors (Lipinski definition) is 15. The average Bonchev–Trinajstić information content (AvgIpc) is 3.28. The minimum atomic E-state index is -0.969. The Kier molecular flexibility index (Phi) is 26.4. The predicted molar refractivity (Wildman–Crippen MR) is 254 cm³/mol. The molecule has 3 fully saturated rings. The van der Waals surface area contributed by atoms with Crippen molar-refractivity contribution in [3.05, 3.63) is 10.4 Å². The third-order valence-electron chi connectivity index (χ3n) is 13.1. The normalized spacial score (nSPS) is 32.0. The lowest BCUT2D eigenvalue weighted by Gasteiger charge is -2.43. The molecule has 21 nitrogen and oxygen atoms in total. The van der Waals surface area contributed by atoms with Gasteiger partial charge in [-0.25, -0.2) is 0 Å². The van der Waals surface area contributed by atoms with Gasteiger partial charge >= 0.3 is 0 Å². The molecule has 378 valence electrons. The third-order valence-corrected chi connectivity index (χ3v) is 13.1. The lowest BCUT2D eigenvalue weighted by Crippen LogP contribution is -2.57. The first-order valence-corrected chi connectivity index (χ1v) is 24.2. The van der Waals surface area contributed by atoms with E-state index in [1.165, 1.54) is 25.7 Å². The van der Waals surface area contributed by atoms with E-state index in [0.29, 0.717) is 70.8 Å². The number of aliphatic hydroxyl groups is 3. The average molecular weight is 956 g/mol. The van der Waals surface area contributed by atoms with Crippen LogP contribution >= 0.6 is 0 Å². The largest absolute Gasteiger partial charge is 0.391 e. The number of unbranched alkanes of at least 4 members (excludes halogenated alkanes) is 3. The van der Waals surface area contributed by atoms with Gasteiger partial charge in [-0.05, 0) is 102 Å². The molecule has 0 aromatic rings. The van der Waals surface area contributed by atoms with Crippen LogP contribution in [0.25, 0.3) is 10.4 Å². The highest BCUT2D eigenvalue weighted by molar-refractivity contribution is 6.13. The van der Waals surface area contributed by atoms with Gasteiger partial charge in [0.25, 0.3) is 0 Å². The summed E-state index contributed by atoms with van der Waals surface area (Å²) in [6, 6.07) is -1.78. The van der Waals surface area contributed by atoms with Crippen LogP contribution < -0.4 is 26.6 Å². The number of carbonyl (C=O) groups excluding carboxylic acids is 5. The molecule has 0 saturated carbocycles. The van der Waals surface area contributed by atoms with Crippen molar-refractivity contribution < 1.29 is 58.2 Å². The van der Waals surface area contributed by atoms with E-state index in [1.54, 1.807) is 20.8 Å². The van der Waals surface area contributed by atoms with Crippen LogP contribution in [0.1, 0.15) is 106 Å². The lowest BCUT2D eigenvalue weighted by atomic mass is 9.70. The van der Waals surface area contributed by atoms with Gasteiger partial charge in [0.1, 0.15) is 0 Å². The van der Waals surface area contributed by atoms with E-state index in [4.69, 9.17) is 48.0 Å². The SMILES string of the molecule is [B]C1C(O)C(C)OC(CCCCNCC(=O)N(CCCCC2OC(C)C(O)C([B])C2NC(C)=O)CC(=O)C(CCCCC2OC(C)C(O)C([B])C2NC(C)=O)COCNCN=[N+]=[N-])C1NC(C)=O. The number of ketones is 1. The Balaban J connectivity index is 1.69. The Morgan fingerprint density at radius 3 is 1.57 bits per heavy atom. The van der Waals surface area contributed by atoms with Crippen molar-refractivity contribution in [3.63, 3.8) is 0 Å². The summed E-state index contributed by atoms with van der Waals surface area (Å²) in [4.78, 5) is 68.3. The summed E-state index contributed by atoms with van der Waals surface area (Å²) in [6.45, 7) is 9.80. The van der Waals surface area contributed by atoms with E-state index >= 15 is 0 Å². The molecule has 16 atom stereocenters. The Morgan fingerprint density at radius 2 is 1.13 bits per heavy atom. The van der Waals surface area contributed by atoms with E-state index < -0.39 is 96.4 Å². The van der Waals surface area contributed by atoms with Crippen molar-refractivity contribution in [2.75, 3.05) is 46.2 Å². The van der Waals surface area contributed by atoms with Gasteiger partial charge < -0.3 is 60.4 Å². The summed E-state index contributed by atoms with van der Waals surface area (Å²) in [5.74, 6) is -4.17. The summed E-state index contributed by atoms with van der Waals surface area (Å²) in [6.07, 6.45) is -0.332. The van der Waals surface area contributed by atoms with Gasteiger partial charge in [-0.1, -0.05) is 18.0 Å². The number of amides is 4. The topological polar surface area (TPSA) is 295 Å². The molecule has 6 radical (unpaired) electrons. The second-order valence-corrected chi connectivity index (χ2v) is 18.6. The van der Waals surface area contributed by atoms with Gasteiger partial charge in [-0.15, -0.1) is 0 Å². The number of aliphatic hydroxyl groups excluding tert-OH is 3. The van der Waals surface area contributed by atoms with Crippen molar-refractivity contribution in [2.45, 2.75) is 196 Å². The Labute approximate surface area is 405 Å². The fraction of sp³-hybridized carbons (Fsp3) is 0.886. The Bertz CT molecular complexity index is 1640. The molecule has 0 aromatic carbocycles. The molecule has 0 aromatic heterocycles. The maximum absolute atomic E-state index is 14.2. The van der Waals surface area contributed by atoms with Crippen LogP contribution in [0.2, 0.25) is 17.5 Å². The number of hydrogen-bond donors (Lipinski definition) is 8. The van der Waals surface area contributed by atoms with Gasteiger partial charge in [0.2, 0.25) is 23.6 Å². The Hall–Kier alpha value is -3.31.